The number of rotatable bonds is 6. The van der Waals surface area contributed by atoms with Crippen molar-refractivity contribution in [3.8, 4) is 0 Å². The molecule has 1 N–H and O–H groups in total. The Morgan fingerprint density at radius 3 is 2.62 bits per heavy atom. The highest BCUT2D eigenvalue weighted by molar-refractivity contribution is 5.76. The molecule has 13 heavy (non-hydrogen) atoms. The fraction of sp³-hybridized carbons (Fsp3) is 0.900. The van der Waals surface area contributed by atoms with E-state index < -0.39 is 0 Å². The molecule has 0 aromatic carbocycles. The highest BCUT2D eigenvalue weighted by Gasteiger charge is 2.10. The third-order valence-electron chi connectivity index (χ3n) is 2.25. The predicted molar refractivity (Wildman–Crippen MR) is 55.7 cm³/mol. The third-order valence-corrected chi connectivity index (χ3v) is 2.25. The molecule has 0 aliphatic carbocycles. The van der Waals surface area contributed by atoms with Crippen molar-refractivity contribution in [2.75, 3.05) is 20.6 Å². The molecule has 0 aromatic heterocycles. The fourth-order valence-electron chi connectivity index (χ4n) is 1.04. The van der Waals surface area contributed by atoms with E-state index in [1.165, 1.54) is 0 Å². The molecule has 0 fully saturated rings. The van der Waals surface area contributed by atoms with Gasteiger partial charge in [-0.05, 0) is 20.4 Å². The summed E-state index contributed by atoms with van der Waals surface area (Å²) in [5.74, 6) is 0.232. The van der Waals surface area contributed by atoms with E-state index in [1.54, 1.807) is 0 Å². The van der Waals surface area contributed by atoms with E-state index in [-0.39, 0.29) is 11.9 Å². The molecule has 3 nitrogen and oxygen atoms in total. The van der Waals surface area contributed by atoms with Crippen LogP contribution in [-0.2, 0) is 4.79 Å². The van der Waals surface area contributed by atoms with Crippen LogP contribution < -0.4 is 5.32 Å². The van der Waals surface area contributed by atoms with Crippen LogP contribution in [0.25, 0.3) is 0 Å². The van der Waals surface area contributed by atoms with Gasteiger partial charge in [0.25, 0.3) is 0 Å². The summed E-state index contributed by atoms with van der Waals surface area (Å²) in [7, 11) is 3.75. The summed E-state index contributed by atoms with van der Waals surface area (Å²) < 4.78 is 0. The number of hydrogen-bond acceptors (Lipinski definition) is 2. The van der Waals surface area contributed by atoms with Gasteiger partial charge >= 0.3 is 0 Å². The predicted octanol–water partition coefficient (Wildman–Crippen LogP) is 1.24. The van der Waals surface area contributed by atoms with Crippen molar-refractivity contribution in [2.24, 2.45) is 0 Å². The number of amides is 1. The van der Waals surface area contributed by atoms with Crippen LogP contribution in [-0.4, -0.2) is 37.5 Å². The maximum absolute atomic E-state index is 11.5. The number of unbranched alkanes of at least 4 members (excludes halogenated alkanes) is 1. The van der Waals surface area contributed by atoms with Crippen LogP contribution in [0.3, 0.4) is 0 Å². The van der Waals surface area contributed by atoms with Crippen LogP contribution >= 0.6 is 0 Å². The summed E-state index contributed by atoms with van der Waals surface area (Å²) in [4.78, 5) is 13.3. The van der Waals surface area contributed by atoms with Gasteiger partial charge in [-0.1, -0.05) is 13.3 Å². The first-order valence-corrected chi connectivity index (χ1v) is 5.03. The number of carbonyl (C=O) groups is 1. The molecule has 3 heteroatoms. The molecule has 0 saturated carbocycles. The number of nitrogens with one attached hydrogen (secondary N) is 1. The standard InChI is InChI=1S/C10H22N2O/c1-5-6-7-12(4)10(13)8-9(2)11-3/h9,11H,5-8H2,1-4H3. The molecule has 0 rings (SSSR count). The zero-order chi connectivity index (χ0) is 10.3. The van der Waals surface area contributed by atoms with Gasteiger partial charge in [-0.3, -0.25) is 4.79 Å². The van der Waals surface area contributed by atoms with Gasteiger partial charge in [0.2, 0.25) is 5.91 Å². The Bertz CT molecular complexity index is 148. The summed E-state index contributed by atoms with van der Waals surface area (Å²) in [6.45, 7) is 5.03. The van der Waals surface area contributed by atoms with Crippen molar-refractivity contribution in [2.45, 2.75) is 39.2 Å². The normalized spacial score (nSPS) is 12.6. The lowest BCUT2D eigenvalue weighted by Crippen LogP contribution is -2.33. The second kappa shape index (κ2) is 6.89. The Kier molecular flexibility index (Phi) is 6.59. The molecule has 1 unspecified atom stereocenters. The van der Waals surface area contributed by atoms with E-state index in [0.29, 0.717) is 6.42 Å². The molecule has 0 heterocycles. The van der Waals surface area contributed by atoms with Crippen LogP contribution in [0.5, 0.6) is 0 Å². The lowest BCUT2D eigenvalue weighted by molar-refractivity contribution is -0.130. The topological polar surface area (TPSA) is 32.3 Å². The molecule has 1 atom stereocenters. The minimum atomic E-state index is 0.232. The van der Waals surface area contributed by atoms with Crippen molar-refractivity contribution < 1.29 is 4.79 Å². The lowest BCUT2D eigenvalue weighted by atomic mass is 10.2. The Balaban J connectivity index is 3.68. The number of hydrogen-bond donors (Lipinski definition) is 1. The van der Waals surface area contributed by atoms with Gasteiger partial charge in [-0.15, -0.1) is 0 Å². The molecule has 78 valence electrons. The highest BCUT2D eigenvalue weighted by Crippen LogP contribution is 1.98. The molecule has 0 aliphatic heterocycles. The Labute approximate surface area is 81.5 Å². The van der Waals surface area contributed by atoms with Crippen molar-refractivity contribution >= 4 is 5.91 Å². The second-order valence-electron chi connectivity index (χ2n) is 3.56. The van der Waals surface area contributed by atoms with Crippen molar-refractivity contribution in [1.82, 2.24) is 10.2 Å². The largest absolute Gasteiger partial charge is 0.346 e. The van der Waals surface area contributed by atoms with E-state index in [9.17, 15) is 4.79 Å². The Morgan fingerprint density at radius 1 is 1.54 bits per heavy atom. The molecule has 1 amide bonds. The second-order valence-corrected chi connectivity index (χ2v) is 3.56. The monoisotopic (exact) mass is 186 g/mol. The van der Waals surface area contributed by atoms with Gasteiger partial charge in [0.1, 0.15) is 0 Å². The Morgan fingerprint density at radius 2 is 2.15 bits per heavy atom. The number of carbonyl (C=O) groups excluding carboxylic acids is 1. The summed E-state index contributed by atoms with van der Waals surface area (Å²) in [5, 5.41) is 3.06. The van der Waals surface area contributed by atoms with Gasteiger partial charge in [0, 0.05) is 26.1 Å². The number of nitrogens with zero attached hydrogens (tertiary/aromatic N) is 1. The summed E-state index contributed by atoms with van der Waals surface area (Å²) in [6.07, 6.45) is 2.83. The van der Waals surface area contributed by atoms with E-state index in [2.05, 4.69) is 12.2 Å². The van der Waals surface area contributed by atoms with E-state index in [4.69, 9.17) is 0 Å². The molecule has 0 spiro atoms. The smallest absolute Gasteiger partial charge is 0.223 e. The zero-order valence-corrected chi connectivity index (χ0v) is 9.26. The molecule has 0 radical (unpaired) electrons. The molecular weight excluding hydrogens is 164 g/mol. The van der Waals surface area contributed by atoms with Gasteiger partial charge in [0.05, 0.1) is 0 Å². The van der Waals surface area contributed by atoms with Gasteiger partial charge in [0.15, 0.2) is 0 Å². The van der Waals surface area contributed by atoms with Gasteiger partial charge < -0.3 is 10.2 Å². The lowest BCUT2D eigenvalue weighted by Gasteiger charge is -2.18. The quantitative estimate of drug-likeness (QED) is 0.677. The first kappa shape index (κ1) is 12.4. The van der Waals surface area contributed by atoms with Crippen LogP contribution in [0.4, 0.5) is 0 Å². The first-order valence-electron chi connectivity index (χ1n) is 5.03. The van der Waals surface area contributed by atoms with Gasteiger partial charge in [-0.25, -0.2) is 0 Å². The molecular formula is C10H22N2O. The summed E-state index contributed by atoms with van der Waals surface area (Å²) in [6, 6.07) is 0.275. The summed E-state index contributed by atoms with van der Waals surface area (Å²) in [5.41, 5.74) is 0. The maximum atomic E-state index is 11.5. The van der Waals surface area contributed by atoms with Gasteiger partial charge in [-0.2, -0.15) is 0 Å². The van der Waals surface area contributed by atoms with E-state index in [1.807, 2.05) is 25.9 Å². The van der Waals surface area contributed by atoms with Crippen LogP contribution in [0, 0.1) is 0 Å². The van der Waals surface area contributed by atoms with Crippen molar-refractivity contribution in [3.63, 3.8) is 0 Å². The SMILES string of the molecule is CCCCN(C)C(=O)CC(C)NC. The van der Waals surface area contributed by atoms with Crippen LogP contribution in [0.1, 0.15) is 33.1 Å². The highest BCUT2D eigenvalue weighted by atomic mass is 16.2. The minimum Gasteiger partial charge on any atom is -0.346 e. The zero-order valence-electron chi connectivity index (χ0n) is 9.26. The van der Waals surface area contributed by atoms with E-state index >= 15 is 0 Å². The first-order chi connectivity index (χ1) is 6.11. The fourth-order valence-corrected chi connectivity index (χ4v) is 1.04. The van der Waals surface area contributed by atoms with Crippen molar-refractivity contribution in [3.05, 3.63) is 0 Å². The summed E-state index contributed by atoms with van der Waals surface area (Å²) >= 11 is 0. The van der Waals surface area contributed by atoms with Crippen LogP contribution in [0.2, 0.25) is 0 Å². The van der Waals surface area contributed by atoms with E-state index in [0.717, 1.165) is 19.4 Å². The Hall–Kier alpha value is -0.570. The van der Waals surface area contributed by atoms with Crippen molar-refractivity contribution in [1.29, 1.82) is 0 Å². The maximum Gasteiger partial charge on any atom is 0.223 e. The van der Waals surface area contributed by atoms with Crippen LogP contribution in [0.15, 0.2) is 0 Å². The average molecular weight is 186 g/mol. The average Bonchev–Trinajstić information content (AvgIpc) is 2.13. The molecule has 0 aliphatic rings. The molecule has 0 saturated heterocycles. The third kappa shape index (κ3) is 5.64. The molecule has 0 bridgehead atoms. The molecule has 0 aromatic rings. The minimum absolute atomic E-state index is 0.232.